The fourth-order valence-corrected chi connectivity index (χ4v) is 23.9. The molecule has 0 saturated heterocycles. The molecule has 0 spiro atoms. The van der Waals surface area contributed by atoms with E-state index < -0.39 is 43.3 Å². The molecule has 0 N–H and O–H groups in total. The first-order valence-electron chi connectivity index (χ1n) is 19.5. The second-order valence-electron chi connectivity index (χ2n) is 19.6. The molecule has 3 nitrogen and oxygen atoms in total. The zero-order valence-electron chi connectivity index (χ0n) is 35.8. The van der Waals surface area contributed by atoms with Crippen LogP contribution >= 0.6 is 0 Å². The van der Waals surface area contributed by atoms with Gasteiger partial charge in [0.2, 0.25) is 0 Å². The summed E-state index contributed by atoms with van der Waals surface area (Å²) >= 11 is -2.42. The molecule has 47 heavy (non-hydrogen) atoms. The molecule has 0 aliphatic heterocycles. The topological polar surface area (TPSA) is 27.7 Å². The summed E-state index contributed by atoms with van der Waals surface area (Å²) in [5.41, 5.74) is 1.35. The predicted molar refractivity (Wildman–Crippen MR) is 224 cm³/mol. The quantitative estimate of drug-likeness (QED) is 0.0853. The average Bonchev–Trinajstić information content (AvgIpc) is 2.89. The molecule has 0 aromatic rings. The first kappa shape index (κ1) is 47.8. The van der Waals surface area contributed by atoms with Crippen LogP contribution in [0.25, 0.3) is 0 Å². The van der Waals surface area contributed by atoms with E-state index in [2.05, 4.69) is 152 Å². The van der Waals surface area contributed by atoms with E-state index in [4.69, 9.17) is 13.3 Å². The molecule has 0 rings (SSSR count). The van der Waals surface area contributed by atoms with Crippen LogP contribution < -0.4 is 0 Å². The van der Waals surface area contributed by atoms with Gasteiger partial charge in [-0.25, -0.2) is 0 Å². The molecule has 3 atom stereocenters. The number of rotatable bonds is 21. The van der Waals surface area contributed by atoms with E-state index in [0.29, 0.717) is 0 Å². The molecular formula is C40H86O3Si3Sn. The molecule has 0 aromatic carbocycles. The van der Waals surface area contributed by atoms with E-state index in [1.165, 1.54) is 57.4 Å². The van der Waals surface area contributed by atoms with E-state index in [0.717, 1.165) is 6.42 Å². The van der Waals surface area contributed by atoms with Gasteiger partial charge in [-0.05, 0) is 0 Å². The summed E-state index contributed by atoms with van der Waals surface area (Å²) in [5, 5.41) is 0.390. The van der Waals surface area contributed by atoms with Gasteiger partial charge in [0.1, 0.15) is 0 Å². The van der Waals surface area contributed by atoms with E-state index in [1.54, 1.807) is 0 Å². The van der Waals surface area contributed by atoms with Gasteiger partial charge in [-0.2, -0.15) is 0 Å². The minimum atomic E-state index is -2.42. The molecule has 0 amide bonds. The summed E-state index contributed by atoms with van der Waals surface area (Å²) in [7, 11) is -6.15. The van der Waals surface area contributed by atoms with Gasteiger partial charge >= 0.3 is 306 Å². The van der Waals surface area contributed by atoms with Gasteiger partial charge in [-0.1, -0.05) is 0 Å². The van der Waals surface area contributed by atoms with E-state index >= 15 is 0 Å². The molecule has 0 aliphatic rings. The Hall–Kier alpha value is 0.809. The Balaban J connectivity index is 7.12. The fourth-order valence-electron chi connectivity index (χ4n) is 5.43. The molecule has 0 aromatic heterocycles. The van der Waals surface area contributed by atoms with Crippen LogP contribution in [-0.2, 0) is 13.3 Å². The average molecular weight is 818 g/mol. The molecule has 0 heterocycles. The molecular weight excluding hydrogens is 731 g/mol. The van der Waals surface area contributed by atoms with Crippen molar-refractivity contribution in [2.45, 2.75) is 228 Å². The summed E-state index contributed by atoms with van der Waals surface area (Å²) in [6.45, 7) is 47.2. The first-order chi connectivity index (χ1) is 21.1. The van der Waals surface area contributed by atoms with Crippen LogP contribution in [-0.4, -0.2) is 61.6 Å². The second-order valence-corrected chi connectivity index (χ2v) is 46.9. The predicted octanol–water partition coefficient (Wildman–Crippen LogP) is 14.5. The molecule has 0 fully saturated rings. The third-order valence-electron chi connectivity index (χ3n) is 11.9. The second kappa shape index (κ2) is 19.6. The monoisotopic (exact) mass is 818 g/mol. The van der Waals surface area contributed by atoms with Crippen LogP contribution in [0.5, 0.6) is 0 Å². The first-order valence-corrected chi connectivity index (χ1v) is 35.9. The Morgan fingerprint density at radius 2 is 0.979 bits per heavy atom. The Morgan fingerprint density at radius 1 is 0.617 bits per heavy atom. The normalized spacial score (nSPS) is 17.0. The summed E-state index contributed by atoms with van der Waals surface area (Å²) in [6, 6.07) is 0. The van der Waals surface area contributed by atoms with Crippen molar-refractivity contribution in [2.24, 2.45) is 0 Å². The van der Waals surface area contributed by atoms with Crippen molar-refractivity contribution in [2.75, 3.05) is 0 Å². The maximum atomic E-state index is 7.42. The van der Waals surface area contributed by atoms with Gasteiger partial charge < -0.3 is 0 Å². The van der Waals surface area contributed by atoms with Crippen LogP contribution in [0.15, 0.2) is 21.8 Å². The Kier molecular flexibility index (Phi) is 19.9. The van der Waals surface area contributed by atoms with Crippen molar-refractivity contribution in [1.82, 2.24) is 0 Å². The van der Waals surface area contributed by atoms with Crippen molar-refractivity contribution >= 4 is 43.3 Å². The third kappa shape index (κ3) is 16.4. The van der Waals surface area contributed by atoms with Gasteiger partial charge in [0.25, 0.3) is 0 Å². The van der Waals surface area contributed by atoms with Gasteiger partial charge in [0.05, 0.1) is 0 Å². The Morgan fingerprint density at radius 3 is 1.34 bits per heavy atom. The molecule has 0 bridgehead atoms. The molecule has 0 unspecified atom stereocenters. The molecule has 0 saturated carbocycles. The Bertz CT molecular complexity index is 929. The maximum absolute atomic E-state index is 7.42. The number of hydrogen-bond donors (Lipinski definition) is 0. The van der Waals surface area contributed by atoms with Crippen LogP contribution in [0.2, 0.25) is 67.7 Å². The zero-order chi connectivity index (χ0) is 37.1. The molecule has 0 aliphatic carbocycles. The van der Waals surface area contributed by atoms with Gasteiger partial charge in [0, 0.05) is 0 Å². The van der Waals surface area contributed by atoms with Crippen molar-refractivity contribution < 1.29 is 13.3 Å². The summed E-state index contributed by atoms with van der Waals surface area (Å²) in [4.78, 5) is 0. The molecule has 280 valence electrons. The van der Waals surface area contributed by atoms with Gasteiger partial charge in [-0.3, -0.25) is 0 Å². The molecule has 0 radical (unpaired) electrons. The fraction of sp³-hybridized carbons (Fsp3) is 0.900. The summed E-state index contributed by atoms with van der Waals surface area (Å²) < 4.78 is 29.1. The van der Waals surface area contributed by atoms with Crippen LogP contribution in [0, 0.1) is 0 Å². The van der Waals surface area contributed by atoms with E-state index in [9.17, 15) is 0 Å². The van der Waals surface area contributed by atoms with Gasteiger partial charge in [0.15, 0.2) is 0 Å². The standard InChI is InChI=1S/C28H59O3Si3.3C4H9.Sn/c1-19-22(2)20-24(30-33(15,16)27(7,8)9)25(31-34(17,18)28(10,11)12)21-23(3)29-32(13,14)26(4,5)6;3*1-3-4-2;/h1,19-20,23-25H,21H2,2-18H3;3*1,3-4H2,2H3;/t23-,24-,25-;;;;/m0..../s1. The SMILES string of the molecule is CCC[CH2][Sn]([CH]=CC(C)=C[C@H](O[Si](C)(C)C(C)(C)C)[C@H](C[C@H](C)O[Si](C)(C)C(C)(C)C)O[Si](C)(C)C(C)(C)C)([CH2]CCC)[CH2]CCC. The molecule has 7 heteroatoms. The van der Waals surface area contributed by atoms with E-state index in [-0.39, 0.29) is 33.4 Å². The van der Waals surface area contributed by atoms with Crippen LogP contribution in [0.1, 0.15) is 142 Å². The Labute approximate surface area is 304 Å². The number of unbranched alkanes of at least 4 members (excludes halogenated alkanes) is 3. The van der Waals surface area contributed by atoms with Crippen molar-refractivity contribution in [1.29, 1.82) is 0 Å². The van der Waals surface area contributed by atoms with Crippen molar-refractivity contribution in [3.63, 3.8) is 0 Å². The van der Waals surface area contributed by atoms with Crippen LogP contribution in [0.3, 0.4) is 0 Å². The number of hydrogen-bond acceptors (Lipinski definition) is 3. The third-order valence-corrected chi connectivity index (χ3v) is 39.6. The van der Waals surface area contributed by atoms with Crippen molar-refractivity contribution in [3.05, 3.63) is 21.8 Å². The van der Waals surface area contributed by atoms with Crippen molar-refractivity contribution in [3.8, 4) is 0 Å². The summed E-state index contributed by atoms with van der Waals surface area (Å²) in [6.07, 6.45) is 13.9. The van der Waals surface area contributed by atoms with Crippen LogP contribution in [0.4, 0.5) is 0 Å². The van der Waals surface area contributed by atoms with Gasteiger partial charge in [-0.15, -0.1) is 0 Å². The van der Waals surface area contributed by atoms with E-state index in [1.807, 2.05) is 0 Å². The minimum absolute atomic E-state index is 0.0540. The number of allylic oxidation sites excluding steroid dienone is 2. The summed E-state index contributed by atoms with van der Waals surface area (Å²) in [5.74, 6) is 0. The zero-order valence-corrected chi connectivity index (χ0v) is 41.6.